The highest BCUT2D eigenvalue weighted by Crippen LogP contribution is 2.13. The molecule has 18 heavy (non-hydrogen) atoms. The summed E-state index contributed by atoms with van der Waals surface area (Å²) in [6.45, 7) is 5.55. The molecule has 0 aromatic heterocycles. The number of rotatable bonds is 3. The van der Waals surface area contributed by atoms with Gasteiger partial charge in [0.15, 0.2) is 5.78 Å². The molecule has 1 N–H and O–H groups in total. The second-order valence-corrected chi connectivity index (χ2v) is 5.05. The molecule has 0 spiro atoms. The van der Waals surface area contributed by atoms with E-state index in [0.29, 0.717) is 18.2 Å². The second-order valence-electron chi connectivity index (χ2n) is 5.05. The minimum Gasteiger partial charge on any atom is -0.508 e. The smallest absolute Gasteiger partial charge is 0.176 e. The molecule has 1 aliphatic heterocycles. The van der Waals surface area contributed by atoms with Crippen molar-refractivity contribution in [3.05, 3.63) is 29.8 Å². The van der Waals surface area contributed by atoms with Crippen molar-refractivity contribution in [2.75, 3.05) is 33.2 Å². The maximum Gasteiger partial charge on any atom is 0.176 e. The van der Waals surface area contributed by atoms with Gasteiger partial charge in [-0.2, -0.15) is 0 Å². The number of hydrogen-bond donors (Lipinski definition) is 1. The zero-order valence-corrected chi connectivity index (χ0v) is 11.0. The summed E-state index contributed by atoms with van der Waals surface area (Å²) in [5.41, 5.74) is 0.666. The molecule has 0 aliphatic carbocycles. The minimum atomic E-state index is 0.117. The number of phenolic OH excluding ortho intramolecular Hbond substituents is 1. The fraction of sp³-hybridized carbons (Fsp3) is 0.500. The molecular formula is C14H20N2O2. The Morgan fingerprint density at radius 1 is 1.33 bits per heavy atom. The van der Waals surface area contributed by atoms with E-state index in [-0.39, 0.29) is 11.5 Å². The summed E-state index contributed by atoms with van der Waals surface area (Å²) in [6.07, 6.45) is 0. The molecule has 1 saturated heterocycles. The average molecular weight is 248 g/mol. The van der Waals surface area contributed by atoms with Crippen LogP contribution in [0.4, 0.5) is 0 Å². The Morgan fingerprint density at radius 2 is 2.00 bits per heavy atom. The van der Waals surface area contributed by atoms with Crippen LogP contribution < -0.4 is 0 Å². The van der Waals surface area contributed by atoms with Gasteiger partial charge in [-0.15, -0.1) is 0 Å². The van der Waals surface area contributed by atoms with Gasteiger partial charge in [0, 0.05) is 31.2 Å². The molecule has 0 amide bonds. The van der Waals surface area contributed by atoms with Gasteiger partial charge >= 0.3 is 0 Å². The normalized spacial score (nSPS) is 22.0. The molecule has 0 bridgehead atoms. The molecule has 2 rings (SSSR count). The standard InChI is InChI=1S/C14H20N2O2/c1-11-9-15(2)7-8-16(11)10-14(18)12-3-5-13(17)6-4-12/h3-6,11,17H,7-10H2,1-2H3. The van der Waals surface area contributed by atoms with Crippen LogP contribution in [0.1, 0.15) is 17.3 Å². The number of Topliss-reactive ketones (excluding diaryl/α,β-unsaturated/α-hetero) is 1. The number of carbonyl (C=O) groups excluding carboxylic acids is 1. The molecule has 1 aromatic carbocycles. The molecule has 1 unspecified atom stereocenters. The Balaban J connectivity index is 1.97. The van der Waals surface area contributed by atoms with E-state index in [4.69, 9.17) is 0 Å². The van der Waals surface area contributed by atoms with E-state index in [1.54, 1.807) is 24.3 Å². The summed E-state index contributed by atoms with van der Waals surface area (Å²) in [4.78, 5) is 16.6. The molecule has 1 aliphatic rings. The van der Waals surface area contributed by atoms with Gasteiger partial charge < -0.3 is 10.0 Å². The molecule has 1 fully saturated rings. The summed E-state index contributed by atoms with van der Waals surface area (Å²) in [6, 6.07) is 6.88. The van der Waals surface area contributed by atoms with Gasteiger partial charge in [0.25, 0.3) is 0 Å². The van der Waals surface area contributed by atoms with Crippen molar-refractivity contribution in [2.45, 2.75) is 13.0 Å². The first-order valence-corrected chi connectivity index (χ1v) is 6.31. The monoisotopic (exact) mass is 248 g/mol. The number of aromatic hydroxyl groups is 1. The Labute approximate surface area is 108 Å². The van der Waals surface area contributed by atoms with Crippen LogP contribution >= 0.6 is 0 Å². The van der Waals surface area contributed by atoms with Crippen LogP contribution in [-0.2, 0) is 0 Å². The largest absolute Gasteiger partial charge is 0.508 e. The Bertz CT molecular complexity index is 416. The van der Waals surface area contributed by atoms with E-state index < -0.39 is 0 Å². The molecule has 1 atom stereocenters. The van der Waals surface area contributed by atoms with E-state index in [0.717, 1.165) is 19.6 Å². The maximum atomic E-state index is 12.1. The van der Waals surface area contributed by atoms with Crippen molar-refractivity contribution in [2.24, 2.45) is 0 Å². The Hall–Kier alpha value is -1.39. The average Bonchev–Trinajstić information content (AvgIpc) is 2.33. The van der Waals surface area contributed by atoms with Crippen molar-refractivity contribution in [1.29, 1.82) is 0 Å². The summed E-state index contributed by atoms with van der Waals surface area (Å²) in [7, 11) is 2.11. The molecule has 98 valence electrons. The van der Waals surface area contributed by atoms with Crippen molar-refractivity contribution in [3.63, 3.8) is 0 Å². The Morgan fingerprint density at radius 3 is 2.61 bits per heavy atom. The van der Waals surface area contributed by atoms with Gasteiger partial charge in [-0.1, -0.05) is 0 Å². The molecule has 1 aromatic rings. The van der Waals surface area contributed by atoms with Crippen LogP contribution in [0, 0.1) is 0 Å². The number of phenols is 1. The number of ketones is 1. The third-order valence-electron chi connectivity index (χ3n) is 3.50. The van der Waals surface area contributed by atoms with Crippen molar-refractivity contribution < 1.29 is 9.90 Å². The first kappa shape index (κ1) is 13.1. The van der Waals surface area contributed by atoms with Gasteiger partial charge in [0.05, 0.1) is 6.54 Å². The minimum absolute atomic E-state index is 0.117. The van der Waals surface area contributed by atoms with Crippen LogP contribution in [0.3, 0.4) is 0 Å². The number of benzene rings is 1. The third kappa shape index (κ3) is 3.09. The zero-order chi connectivity index (χ0) is 13.1. The van der Waals surface area contributed by atoms with Gasteiger partial charge in [-0.25, -0.2) is 0 Å². The lowest BCUT2D eigenvalue weighted by molar-refractivity contribution is 0.0747. The molecule has 4 nitrogen and oxygen atoms in total. The van der Waals surface area contributed by atoms with Crippen LogP contribution in [0.15, 0.2) is 24.3 Å². The van der Waals surface area contributed by atoms with Crippen LogP contribution in [0.2, 0.25) is 0 Å². The fourth-order valence-corrected chi connectivity index (χ4v) is 2.34. The van der Waals surface area contributed by atoms with Crippen molar-refractivity contribution >= 4 is 5.78 Å². The zero-order valence-electron chi connectivity index (χ0n) is 11.0. The predicted molar refractivity (Wildman–Crippen MR) is 71.0 cm³/mol. The first-order valence-electron chi connectivity index (χ1n) is 6.31. The fourth-order valence-electron chi connectivity index (χ4n) is 2.34. The third-order valence-corrected chi connectivity index (χ3v) is 3.50. The number of hydrogen-bond acceptors (Lipinski definition) is 4. The molecule has 0 radical (unpaired) electrons. The van der Waals surface area contributed by atoms with E-state index >= 15 is 0 Å². The molecule has 1 heterocycles. The van der Waals surface area contributed by atoms with Gasteiger partial charge in [-0.05, 0) is 38.2 Å². The molecular weight excluding hydrogens is 228 g/mol. The molecule has 0 saturated carbocycles. The second kappa shape index (κ2) is 5.50. The van der Waals surface area contributed by atoms with E-state index in [2.05, 4.69) is 23.8 Å². The number of piperazine rings is 1. The number of carbonyl (C=O) groups is 1. The Kier molecular flexibility index (Phi) is 3.99. The van der Waals surface area contributed by atoms with Gasteiger partial charge in [0.1, 0.15) is 5.75 Å². The summed E-state index contributed by atoms with van der Waals surface area (Å²) in [5.74, 6) is 0.311. The van der Waals surface area contributed by atoms with E-state index in [1.807, 2.05) is 0 Å². The maximum absolute atomic E-state index is 12.1. The SMILES string of the molecule is CC1CN(C)CCN1CC(=O)c1ccc(O)cc1. The van der Waals surface area contributed by atoms with Gasteiger partial charge in [0.2, 0.25) is 0 Å². The first-order chi connectivity index (χ1) is 8.56. The summed E-state index contributed by atoms with van der Waals surface area (Å²) in [5, 5.41) is 9.20. The van der Waals surface area contributed by atoms with Crippen molar-refractivity contribution in [1.82, 2.24) is 9.80 Å². The number of nitrogens with zero attached hydrogens (tertiary/aromatic N) is 2. The number of likely N-dealkylation sites (N-methyl/N-ethyl adjacent to an activating group) is 1. The topological polar surface area (TPSA) is 43.8 Å². The lowest BCUT2D eigenvalue weighted by Crippen LogP contribution is -2.51. The lowest BCUT2D eigenvalue weighted by atomic mass is 10.1. The predicted octanol–water partition coefficient (Wildman–Crippen LogP) is 1.21. The van der Waals surface area contributed by atoms with E-state index in [1.165, 1.54) is 0 Å². The highest BCUT2D eigenvalue weighted by molar-refractivity contribution is 5.97. The molecule has 4 heteroatoms. The quantitative estimate of drug-likeness (QED) is 0.817. The highest BCUT2D eigenvalue weighted by Gasteiger charge is 2.23. The van der Waals surface area contributed by atoms with Crippen molar-refractivity contribution in [3.8, 4) is 5.75 Å². The van der Waals surface area contributed by atoms with Crippen LogP contribution in [-0.4, -0.2) is 60.0 Å². The summed E-state index contributed by atoms with van der Waals surface area (Å²) < 4.78 is 0. The van der Waals surface area contributed by atoms with Crippen LogP contribution in [0.25, 0.3) is 0 Å². The lowest BCUT2D eigenvalue weighted by Gasteiger charge is -2.37. The highest BCUT2D eigenvalue weighted by atomic mass is 16.3. The van der Waals surface area contributed by atoms with Gasteiger partial charge in [-0.3, -0.25) is 9.69 Å². The van der Waals surface area contributed by atoms with Crippen LogP contribution in [0.5, 0.6) is 5.75 Å². The summed E-state index contributed by atoms with van der Waals surface area (Å²) >= 11 is 0. The van der Waals surface area contributed by atoms with E-state index in [9.17, 15) is 9.90 Å².